The second-order valence-corrected chi connectivity index (χ2v) is 3.51. The summed E-state index contributed by atoms with van der Waals surface area (Å²) in [4.78, 5) is 5.14. The molecule has 0 aliphatic carbocycles. The third-order valence-electron chi connectivity index (χ3n) is 2.10. The molecule has 0 aliphatic rings. The van der Waals surface area contributed by atoms with E-state index in [1.165, 1.54) is 5.56 Å². The zero-order chi connectivity index (χ0) is 11.1. The summed E-state index contributed by atoms with van der Waals surface area (Å²) in [5.74, 6) is 0.899. The van der Waals surface area contributed by atoms with Crippen molar-refractivity contribution in [3.05, 3.63) is 29.8 Å². The van der Waals surface area contributed by atoms with E-state index in [9.17, 15) is 0 Å². The zero-order valence-electron chi connectivity index (χ0n) is 9.62. The molecule has 0 aliphatic heterocycles. The van der Waals surface area contributed by atoms with Crippen LogP contribution >= 0.6 is 0 Å². The van der Waals surface area contributed by atoms with Crippen LogP contribution in [0.4, 0.5) is 0 Å². The van der Waals surface area contributed by atoms with E-state index >= 15 is 0 Å². The maximum Gasteiger partial charge on any atom is 0.119 e. The Hall–Kier alpha value is -1.06. The molecule has 0 fully saturated rings. The lowest BCUT2D eigenvalue weighted by Gasteiger charge is -2.13. The number of hydrogen-bond acceptors (Lipinski definition) is 3. The zero-order valence-corrected chi connectivity index (χ0v) is 9.62. The van der Waals surface area contributed by atoms with Gasteiger partial charge in [0, 0.05) is 6.04 Å². The molecule has 0 bridgehead atoms. The van der Waals surface area contributed by atoms with E-state index in [1.807, 2.05) is 25.1 Å². The highest BCUT2D eigenvalue weighted by molar-refractivity contribution is 5.28. The molecule has 1 N–H and O–H groups in total. The molecular formula is C12H19NO2. The van der Waals surface area contributed by atoms with Crippen LogP contribution in [0, 0.1) is 0 Å². The highest BCUT2D eigenvalue weighted by Gasteiger charge is 2.03. The highest BCUT2D eigenvalue weighted by atomic mass is 16.6. The van der Waals surface area contributed by atoms with Crippen LogP contribution in [0.1, 0.15) is 19.4 Å². The van der Waals surface area contributed by atoms with Crippen molar-refractivity contribution in [2.24, 2.45) is 0 Å². The Balaban J connectivity index is 2.48. The second kappa shape index (κ2) is 6.43. The molecule has 0 saturated heterocycles. The molecule has 1 unspecified atom stereocenters. The van der Waals surface area contributed by atoms with Gasteiger partial charge in [-0.2, -0.15) is 5.48 Å². The lowest BCUT2D eigenvalue weighted by molar-refractivity contribution is 0.0290. The topological polar surface area (TPSA) is 30.5 Å². The molecule has 0 spiro atoms. The molecule has 15 heavy (non-hydrogen) atoms. The first-order valence-corrected chi connectivity index (χ1v) is 5.26. The minimum Gasteiger partial charge on any atom is -0.497 e. The predicted octanol–water partition coefficient (Wildman–Crippen LogP) is 2.17. The molecule has 84 valence electrons. The van der Waals surface area contributed by atoms with Crippen LogP contribution in [-0.4, -0.2) is 19.8 Å². The maximum absolute atomic E-state index is 5.17. The van der Waals surface area contributed by atoms with E-state index in [0.29, 0.717) is 12.6 Å². The summed E-state index contributed by atoms with van der Waals surface area (Å²) in [6.07, 6.45) is 0.928. The fourth-order valence-electron chi connectivity index (χ4n) is 1.42. The number of methoxy groups -OCH3 is 1. The van der Waals surface area contributed by atoms with Gasteiger partial charge >= 0.3 is 0 Å². The van der Waals surface area contributed by atoms with Crippen molar-refractivity contribution in [2.75, 3.05) is 13.7 Å². The first kappa shape index (κ1) is 12.0. The largest absolute Gasteiger partial charge is 0.497 e. The van der Waals surface area contributed by atoms with Crippen molar-refractivity contribution in [1.82, 2.24) is 5.48 Å². The third-order valence-corrected chi connectivity index (χ3v) is 2.10. The molecule has 3 heteroatoms. The lowest BCUT2D eigenvalue weighted by Crippen LogP contribution is -2.28. The minimum absolute atomic E-state index is 0.303. The number of nitrogens with one attached hydrogen (secondary N) is 1. The van der Waals surface area contributed by atoms with Gasteiger partial charge in [-0.05, 0) is 38.0 Å². The van der Waals surface area contributed by atoms with Crippen molar-refractivity contribution in [1.29, 1.82) is 0 Å². The quantitative estimate of drug-likeness (QED) is 0.728. The van der Waals surface area contributed by atoms with E-state index in [-0.39, 0.29) is 0 Å². The molecule has 0 radical (unpaired) electrons. The summed E-state index contributed by atoms with van der Waals surface area (Å²) in [6, 6.07) is 8.39. The van der Waals surface area contributed by atoms with Gasteiger partial charge in [-0.3, -0.25) is 0 Å². The van der Waals surface area contributed by atoms with E-state index in [2.05, 4.69) is 18.5 Å². The van der Waals surface area contributed by atoms with Crippen molar-refractivity contribution < 1.29 is 9.57 Å². The highest BCUT2D eigenvalue weighted by Crippen LogP contribution is 2.13. The average molecular weight is 209 g/mol. The summed E-state index contributed by atoms with van der Waals surface area (Å²) >= 11 is 0. The van der Waals surface area contributed by atoms with E-state index in [0.717, 1.165) is 12.2 Å². The van der Waals surface area contributed by atoms with Crippen molar-refractivity contribution in [2.45, 2.75) is 26.3 Å². The first-order chi connectivity index (χ1) is 7.26. The molecule has 1 aromatic carbocycles. The van der Waals surface area contributed by atoms with Crippen molar-refractivity contribution in [3.63, 3.8) is 0 Å². The van der Waals surface area contributed by atoms with Crippen LogP contribution in [-0.2, 0) is 11.3 Å². The summed E-state index contributed by atoms with van der Waals surface area (Å²) in [7, 11) is 1.68. The molecule has 3 nitrogen and oxygen atoms in total. The normalized spacial score (nSPS) is 12.5. The SMILES string of the molecule is CCONC(C)Cc1cccc(OC)c1. The maximum atomic E-state index is 5.17. The van der Waals surface area contributed by atoms with Crippen molar-refractivity contribution in [3.8, 4) is 5.75 Å². The van der Waals surface area contributed by atoms with Crippen LogP contribution in [0.15, 0.2) is 24.3 Å². The summed E-state index contributed by atoms with van der Waals surface area (Å²) < 4.78 is 5.17. The summed E-state index contributed by atoms with van der Waals surface area (Å²) in [5.41, 5.74) is 4.22. The van der Waals surface area contributed by atoms with Crippen LogP contribution < -0.4 is 10.2 Å². The Kier molecular flexibility index (Phi) is 5.15. The first-order valence-electron chi connectivity index (χ1n) is 5.26. The Bertz CT molecular complexity index is 289. The Morgan fingerprint density at radius 3 is 2.87 bits per heavy atom. The third kappa shape index (κ3) is 4.32. The van der Waals surface area contributed by atoms with E-state index < -0.39 is 0 Å². The van der Waals surface area contributed by atoms with Gasteiger partial charge in [0.2, 0.25) is 0 Å². The van der Waals surface area contributed by atoms with Gasteiger partial charge in [-0.15, -0.1) is 0 Å². The standard InChI is InChI=1S/C12H19NO2/c1-4-15-13-10(2)8-11-6-5-7-12(9-11)14-3/h5-7,9-10,13H,4,8H2,1-3H3. The smallest absolute Gasteiger partial charge is 0.119 e. The van der Waals surface area contributed by atoms with Crippen LogP contribution in [0.5, 0.6) is 5.75 Å². The van der Waals surface area contributed by atoms with Gasteiger partial charge in [-0.1, -0.05) is 12.1 Å². The molecule has 1 rings (SSSR count). The lowest BCUT2D eigenvalue weighted by atomic mass is 10.1. The number of rotatable bonds is 6. The van der Waals surface area contributed by atoms with Crippen LogP contribution in [0.3, 0.4) is 0 Å². The Morgan fingerprint density at radius 2 is 2.20 bits per heavy atom. The molecular weight excluding hydrogens is 190 g/mol. The molecule has 0 heterocycles. The molecule has 1 aromatic rings. The van der Waals surface area contributed by atoms with Gasteiger partial charge in [0.1, 0.15) is 5.75 Å². The molecule has 0 aromatic heterocycles. The summed E-state index contributed by atoms with van der Waals surface area (Å²) in [5, 5.41) is 0. The average Bonchev–Trinajstić information content (AvgIpc) is 2.26. The fourth-order valence-corrected chi connectivity index (χ4v) is 1.42. The van der Waals surface area contributed by atoms with Crippen LogP contribution in [0.2, 0.25) is 0 Å². The molecule has 1 atom stereocenters. The Morgan fingerprint density at radius 1 is 1.40 bits per heavy atom. The van der Waals surface area contributed by atoms with Crippen LogP contribution in [0.25, 0.3) is 0 Å². The van der Waals surface area contributed by atoms with E-state index in [1.54, 1.807) is 7.11 Å². The molecule has 0 saturated carbocycles. The minimum atomic E-state index is 0.303. The summed E-state index contributed by atoms with van der Waals surface area (Å²) in [6.45, 7) is 4.74. The van der Waals surface area contributed by atoms with Gasteiger partial charge in [0.25, 0.3) is 0 Å². The number of ether oxygens (including phenoxy) is 1. The second-order valence-electron chi connectivity index (χ2n) is 3.51. The van der Waals surface area contributed by atoms with E-state index in [4.69, 9.17) is 9.57 Å². The van der Waals surface area contributed by atoms with Gasteiger partial charge < -0.3 is 9.57 Å². The monoisotopic (exact) mass is 209 g/mol. The van der Waals surface area contributed by atoms with Crippen molar-refractivity contribution >= 4 is 0 Å². The van der Waals surface area contributed by atoms with Gasteiger partial charge in [-0.25, -0.2) is 0 Å². The predicted molar refractivity (Wildman–Crippen MR) is 60.9 cm³/mol. The van der Waals surface area contributed by atoms with Gasteiger partial charge in [0.05, 0.1) is 13.7 Å². The number of hydroxylamine groups is 1. The number of benzene rings is 1. The number of hydrogen-bond donors (Lipinski definition) is 1. The Labute approximate surface area is 91.4 Å². The fraction of sp³-hybridized carbons (Fsp3) is 0.500. The molecule has 0 amide bonds. The van der Waals surface area contributed by atoms with Gasteiger partial charge in [0.15, 0.2) is 0 Å².